The minimum Gasteiger partial charge on any atom is -0.480 e. The standard InChI is InChI=1S/C9H10FNO3.ClH/c10-6-3-1-5(2-4-6)8(12)7(11)9(13)14;/h1-4,7-8,12H,11H2,(H,13,14);1H. The highest BCUT2D eigenvalue weighted by Crippen LogP contribution is 2.15. The fourth-order valence-electron chi connectivity index (χ4n) is 1.00. The maximum atomic E-state index is 12.5. The lowest BCUT2D eigenvalue weighted by atomic mass is 10.0. The minimum atomic E-state index is -1.40. The van der Waals surface area contributed by atoms with Crippen molar-refractivity contribution in [3.05, 3.63) is 35.6 Å². The van der Waals surface area contributed by atoms with Gasteiger partial charge in [-0.2, -0.15) is 0 Å². The topological polar surface area (TPSA) is 83.6 Å². The Labute approximate surface area is 91.9 Å². The van der Waals surface area contributed by atoms with Crippen molar-refractivity contribution in [3.8, 4) is 0 Å². The first-order valence-electron chi connectivity index (χ1n) is 3.94. The molecule has 1 aromatic rings. The molecule has 0 spiro atoms. The van der Waals surface area contributed by atoms with Crippen LogP contribution in [0.2, 0.25) is 0 Å². The molecular weight excluding hydrogens is 225 g/mol. The van der Waals surface area contributed by atoms with E-state index in [0.717, 1.165) is 12.1 Å². The van der Waals surface area contributed by atoms with E-state index in [1.165, 1.54) is 12.1 Å². The van der Waals surface area contributed by atoms with Crippen LogP contribution in [0.4, 0.5) is 4.39 Å². The monoisotopic (exact) mass is 235 g/mol. The Hall–Kier alpha value is -1.17. The molecule has 15 heavy (non-hydrogen) atoms. The molecule has 4 N–H and O–H groups in total. The van der Waals surface area contributed by atoms with Crippen molar-refractivity contribution >= 4 is 18.4 Å². The van der Waals surface area contributed by atoms with Crippen LogP contribution in [0, 0.1) is 5.82 Å². The zero-order valence-corrected chi connectivity index (χ0v) is 8.45. The predicted octanol–water partition coefficient (Wildman–Crippen LogP) is 0.693. The number of carboxylic acid groups (broad SMARTS) is 1. The molecule has 0 amide bonds. The van der Waals surface area contributed by atoms with Gasteiger partial charge < -0.3 is 15.9 Å². The van der Waals surface area contributed by atoms with Crippen molar-refractivity contribution in [2.45, 2.75) is 12.1 Å². The molecule has 2 unspecified atom stereocenters. The van der Waals surface area contributed by atoms with Gasteiger partial charge in [-0.3, -0.25) is 4.79 Å². The van der Waals surface area contributed by atoms with E-state index in [9.17, 15) is 14.3 Å². The van der Waals surface area contributed by atoms with Gasteiger partial charge in [0.25, 0.3) is 0 Å². The summed E-state index contributed by atoms with van der Waals surface area (Å²) < 4.78 is 12.5. The minimum absolute atomic E-state index is 0. The van der Waals surface area contributed by atoms with E-state index in [0.29, 0.717) is 0 Å². The molecule has 0 radical (unpaired) electrons. The molecule has 0 aliphatic carbocycles. The summed E-state index contributed by atoms with van der Waals surface area (Å²) in [7, 11) is 0. The maximum absolute atomic E-state index is 12.5. The number of carbonyl (C=O) groups is 1. The van der Waals surface area contributed by atoms with Crippen molar-refractivity contribution in [2.75, 3.05) is 0 Å². The second-order valence-corrected chi connectivity index (χ2v) is 2.86. The Morgan fingerprint density at radius 1 is 1.33 bits per heavy atom. The summed E-state index contributed by atoms with van der Waals surface area (Å²) in [6.07, 6.45) is -1.33. The fraction of sp³-hybridized carbons (Fsp3) is 0.222. The Morgan fingerprint density at radius 2 is 1.80 bits per heavy atom. The van der Waals surface area contributed by atoms with Crippen LogP contribution in [0.5, 0.6) is 0 Å². The third-order valence-corrected chi connectivity index (χ3v) is 1.84. The molecule has 0 fully saturated rings. The molecular formula is C9H11ClFNO3. The number of halogens is 2. The van der Waals surface area contributed by atoms with Crippen LogP contribution in [-0.4, -0.2) is 22.2 Å². The first-order valence-corrected chi connectivity index (χ1v) is 3.94. The predicted molar refractivity (Wildman–Crippen MR) is 54.2 cm³/mol. The van der Waals surface area contributed by atoms with Gasteiger partial charge in [0, 0.05) is 0 Å². The number of aliphatic carboxylic acids is 1. The third kappa shape index (κ3) is 3.47. The van der Waals surface area contributed by atoms with Crippen LogP contribution in [0.1, 0.15) is 11.7 Å². The summed E-state index contributed by atoms with van der Waals surface area (Å²) in [5.74, 6) is -1.76. The van der Waals surface area contributed by atoms with Crippen LogP contribution >= 0.6 is 12.4 Å². The third-order valence-electron chi connectivity index (χ3n) is 1.84. The van der Waals surface area contributed by atoms with E-state index in [-0.39, 0.29) is 18.0 Å². The zero-order chi connectivity index (χ0) is 10.7. The number of hydrogen-bond donors (Lipinski definition) is 3. The Bertz CT molecular complexity index is 331. The number of hydrogen-bond acceptors (Lipinski definition) is 3. The van der Waals surface area contributed by atoms with Gasteiger partial charge in [0.05, 0.1) is 0 Å². The molecule has 0 aromatic heterocycles. The van der Waals surface area contributed by atoms with Crippen LogP contribution in [-0.2, 0) is 4.79 Å². The second kappa shape index (κ2) is 5.65. The quantitative estimate of drug-likeness (QED) is 0.720. The summed E-state index contributed by atoms with van der Waals surface area (Å²) in [4.78, 5) is 10.4. The van der Waals surface area contributed by atoms with Crippen molar-refractivity contribution in [3.63, 3.8) is 0 Å². The maximum Gasteiger partial charge on any atom is 0.323 e. The van der Waals surface area contributed by atoms with Gasteiger partial charge in [-0.15, -0.1) is 12.4 Å². The van der Waals surface area contributed by atoms with Crippen molar-refractivity contribution < 1.29 is 19.4 Å². The van der Waals surface area contributed by atoms with Gasteiger partial charge in [-0.05, 0) is 17.7 Å². The lowest BCUT2D eigenvalue weighted by molar-refractivity contribution is -0.141. The SMILES string of the molecule is Cl.NC(C(=O)O)C(O)c1ccc(F)cc1. The molecule has 1 aromatic carbocycles. The number of rotatable bonds is 3. The van der Waals surface area contributed by atoms with E-state index in [2.05, 4.69) is 0 Å². The molecule has 84 valence electrons. The van der Waals surface area contributed by atoms with Crippen LogP contribution < -0.4 is 5.73 Å². The Morgan fingerprint density at radius 3 is 2.20 bits per heavy atom. The van der Waals surface area contributed by atoms with Crippen LogP contribution in [0.3, 0.4) is 0 Å². The summed E-state index contributed by atoms with van der Waals surface area (Å²) in [5.41, 5.74) is 5.47. The largest absolute Gasteiger partial charge is 0.480 e. The van der Waals surface area contributed by atoms with Gasteiger partial charge in [-0.25, -0.2) is 4.39 Å². The number of carboxylic acids is 1. The van der Waals surface area contributed by atoms with Gasteiger partial charge in [0.1, 0.15) is 18.0 Å². The van der Waals surface area contributed by atoms with E-state index >= 15 is 0 Å². The summed E-state index contributed by atoms with van der Waals surface area (Å²) in [6.45, 7) is 0. The molecule has 4 nitrogen and oxygen atoms in total. The first kappa shape index (κ1) is 13.8. The lowest BCUT2D eigenvalue weighted by Crippen LogP contribution is -2.36. The highest BCUT2D eigenvalue weighted by atomic mass is 35.5. The Kier molecular flexibility index (Phi) is 5.21. The molecule has 0 heterocycles. The van der Waals surface area contributed by atoms with Gasteiger partial charge in [0.2, 0.25) is 0 Å². The molecule has 0 bridgehead atoms. The molecule has 2 atom stereocenters. The van der Waals surface area contributed by atoms with Crippen molar-refractivity contribution in [2.24, 2.45) is 5.73 Å². The van der Waals surface area contributed by atoms with Crippen molar-refractivity contribution in [1.29, 1.82) is 0 Å². The van der Waals surface area contributed by atoms with Crippen LogP contribution in [0.15, 0.2) is 24.3 Å². The summed E-state index contributed by atoms with van der Waals surface area (Å²) >= 11 is 0. The normalized spacial score (nSPS) is 13.8. The second-order valence-electron chi connectivity index (χ2n) is 2.86. The average molecular weight is 236 g/mol. The lowest BCUT2D eigenvalue weighted by Gasteiger charge is -2.14. The van der Waals surface area contributed by atoms with Gasteiger partial charge in [-0.1, -0.05) is 12.1 Å². The van der Waals surface area contributed by atoms with Crippen LogP contribution in [0.25, 0.3) is 0 Å². The fourth-order valence-corrected chi connectivity index (χ4v) is 1.00. The van der Waals surface area contributed by atoms with E-state index < -0.39 is 23.9 Å². The van der Waals surface area contributed by atoms with Gasteiger partial charge in [0.15, 0.2) is 0 Å². The number of benzene rings is 1. The number of aliphatic hydroxyl groups is 1. The van der Waals surface area contributed by atoms with E-state index in [1.54, 1.807) is 0 Å². The molecule has 1 rings (SSSR count). The number of aliphatic hydroxyl groups excluding tert-OH is 1. The van der Waals surface area contributed by atoms with E-state index in [4.69, 9.17) is 10.8 Å². The Balaban J connectivity index is 0.00000196. The molecule has 0 saturated carbocycles. The summed E-state index contributed by atoms with van der Waals surface area (Å²) in [6, 6.07) is 3.45. The van der Waals surface area contributed by atoms with Crippen molar-refractivity contribution in [1.82, 2.24) is 0 Å². The molecule has 0 aliphatic rings. The number of nitrogens with two attached hydrogens (primary N) is 1. The summed E-state index contributed by atoms with van der Waals surface area (Å²) in [5, 5.41) is 17.9. The molecule has 6 heteroatoms. The first-order chi connectivity index (χ1) is 6.52. The average Bonchev–Trinajstić information content (AvgIpc) is 2.16. The molecule has 0 aliphatic heterocycles. The van der Waals surface area contributed by atoms with Gasteiger partial charge >= 0.3 is 5.97 Å². The zero-order valence-electron chi connectivity index (χ0n) is 7.63. The highest BCUT2D eigenvalue weighted by Gasteiger charge is 2.23. The smallest absolute Gasteiger partial charge is 0.323 e. The van der Waals surface area contributed by atoms with E-state index in [1.807, 2.05) is 0 Å². The molecule has 0 saturated heterocycles. The highest BCUT2D eigenvalue weighted by molar-refractivity contribution is 5.85.